The molecule has 1 aromatic carbocycles. The molecule has 6 heteroatoms. The Balaban J connectivity index is 0.00000162. The molecular weight excluding hydrogens is 270 g/mol. The van der Waals surface area contributed by atoms with E-state index in [1.807, 2.05) is 0 Å². The average Bonchev–Trinajstić information content (AvgIpc) is 2.80. The minimum Gasteiger partial charge on any atom is -0.324 e. The van der Waals surface area contributed by atoms with Gasteiger partial charge in [-0.25, -0.2) is 17.6 Å². The lowest BCUT2D eigenvalue weighted by Crippen LogP contribution is -2.23. The first-order chi connectivity index (χ1) is 8.02. The van der Waals surface area contributed by atoms with Crippen LogP contribution in [0.2, 0.25) is 0 Å². The van der Waals surface area contributed by atoms with Gasteiger partial charge in [-0.2, -0.15) is 0 Å². The summed E-state index contributed by atoms with van der Waals surface area (Å²) in [4.78, 5) is 0. The van der Waals surface area contributed by atoms with E-state index in [1.54, 1.807) is 0 Å². The molecule has 102 valence electrons. The van der Waals surface area contributed by atoms with Crippen molar-refractivity contribution in [2.75, 3.05) is 0 Å². The van der Waals surface area contributed by atoms with Gasteiger partial charge in [-0.3, -0.25) is 0 Å². The van der Waals surface area contributed by atoms with Crippen molar-refractivity contribution in [3.05, 3.63) is 34.9 Å². The molecule has 1 aliphatic rings. The molecule has 1 atom stereocenters. The molecule has 0 aliphatic heterocycles. The lowest BCUT2D eigenvalue weighted by atomic mass is 9.91. The molecule has 0 radical (unpaired) electrons. The van der Waals surface area contributed by atoms with Gasteiger partial charge in [0.1, 0.15) is 0 Å². The fourth-order valence-electron chi connectivity index (χ4n) is 2.44. The number of rotatable bonds is 2. The van der Waals surface area contributed by atoms with Crippen LogP contribution in [0, 0.1) is 29.2 Å². The monoisotopic (exact) mass is 283 g/mol. The first-order valence-corrected chi connectivity index (χ1v) is 5.61. The van der Waals surface area contributed by atoms with Crippen LogP contribution in [0.5, 0.6) is 0 Å². The van der Waals surface area contributed by atoms with Crippen molar-refractivity contribution >= 4 is 12.4 Å². The maximum Gasteiger partial charge on any atom is 0.166 e. The molecule has 2 rings (SSSR count). The van der Waals surface area contributed by atoms with E-state index in [0.29, 0.717) is 0 Å². The molecular formula is C12H14ClF4N. The van der Waals surface area contributed by atoms with Gasteiger partial charge in [-0.05, 0) is 18.8 Å². The second-order valence-corrected chi connectivity index (χ2v) is 4.45. The van der Waals surface area contributed by atoms with E-state index >= 15 is 0 Å². The molecule has 0 bridgehead atoms. The van der Waals surface area contributed by atoms with Crippen molar-refractivity contribution in [1.82, 2.24) is 0 Å². The predicted molar refractivity (Wildman–Crippen MR) is 62.4 cm³/mol. The van der Waals surface area contributed by atoms with Crippen LogP contribution in [0.1, 0.15) is 37.3 Å². The lowest BCUT2D eigenvalue weighted by Gasteiger charge is -2.20. The highest BCUT2D eigenvalue weighted by molar-refractivity contribution is 5.85. The van der Waals surface area contributed by atoms with Crippen molar-refractivity contribution in [2.45, 2.75) is 31.7 Å². The van der Waals surface area contributed by atoms with Crippen LogP contribution in [-0.4, -0.2) is 0 Å². The second kappa shape index (κ2) is 5.89. The Labute approximate surface area is 109 Å². The third-order valence-electron chi connectivity index (χ3n) is 3.39. The van der Waals surface area contributed by atoms with Crippen molar-refractivity contribution in [1.29, 1.82) is 0 Å². The minimum atomic E-state index is -1.40. The van der Waals surface area contributed by atoms with Crippen LogP contribution >= 0.6 is 12.4 Å². The Kier molecular flexibility index (Phi) is 4.99. The summed E-state index contributed by atoms with van der Waals surface area (Å²) in [6.45, 7) is 0. The maximum atomic E-state index is 13.5. The highest BCUT2D eigenvalue weighted by Crippen LogP contribution is 2.36. The molecule has 1 nitrogen and oxygen atoms in total. The Morgan fingerprint density at radius 2 is 1.44 bits per heavy atom. The zero-order valence-corrected chi connectivity index (χ0v) is 10.4. The minimum absolute atomic E-state index is 0. The summed E-state index contributed by atoms with van der Waals surface area (Å²) >= 11 is 0. The van der Waals surface area contributed by atoms with E-state index in [2.05, 4.69) is 0 Å². The summed E-state index contributed by atoms with van der Waals surface area (Å²) in [6, 6.07) is -0.780. The molecule has 0 heterocycles. The Hall–Kier alpha value is -0.810. The van der Waals surface area contributed by atoms with Crippen LogP contribution in [0.4, 0.5) is 17.6 Å². The van der Waals surface area contributed by atoms with Crippen molar-refractivity contribution in [2.24, 2.45) is 11.7 Å². The largest absolute Gasteiger partial charge is 0.324 e. The topological polar surface area (TPSA) is 26.0 Å². The average molecular weight is 284 g/mol. The summed E-state index contributed by atoms with van der Waals surface area (Å²) in [5, 5.41) is 0. The summed E-state index contributed by atoms with van der Waals surface area (Å²) in [7, 11) is 0. The molecule has 18 heavy (non-hydrogen) atoms. The SMILES string of the molecule is Cl.N[C@@H](c1c(F)c(F)cc(F)c1F)C1CCCC1. The Morgan fingerprint density at radius 1 is 1.00 bits per heavy atom. The number of benzene rings is 1. The summed E-state index contributed by atoms with van der Waals surface area (Å²) in [5.41, 5.74) is 5.07. The fraction of sp³-hybridized carbons (Fsp3) is 0.500. The molecule has 2 N–H and O–H groups in total. The quantitative estimate of drug-likeness (QED) is 0.647. The van der Waals surface area contributed by atoms with Gasteiger partial charge in [0.25, 0.3) is 0 Å². The first kappa shape index (κ1) is 15.2. The third-order valence-corrected chi connectivity index (χ3v) is 3.39. The standard InChI is InChI=1S/C12H13F4N.ClH/c13-7-5-8(14)11(16)9(10(7)15)12(17)6-3-1-2-4-6;/h5-6,12H,1-4,17H2;1H/t12-;/m1./s1. The Morgan fingerprint density at radius 3 is 1.89 bits per heavy atom. The normalized spacial score (nSPS) is 17.6. The Bertz CT molecular complexity index is 406. The second-order valence-electron chi connectivity index (χ2n) is 4.45. The smallest absolute Gasteiger partial charge is 0.166 e. The zero-order valence-electron chi connectivity index (χ0n) is 9.56. The molecule has 0 saturated heterocycles. The summed E-state index contributed by atoms with van der Waals surface area (Å²) in [6.07, 6.45) is 3.33. The molecule has 1 fully saturated rings. The van der Waals surface area contributed by atoms with Gasteiger partial charge in [0.15, 0.2) is 23.3 Å². The van der Waals surface area contributed by atoms with Crippen molar-refractivity contribution < 1.29 is 17.6 Å². The predicted octanol–water partition coefficient (Wildman–Crippen LogP) is 3.85. The summed E-state index contributed by atoms with van der Waals surface area (Å²) < 4.78 is 53.0. The zero-order chi connectivity index (χ0) is 12.6. The van der Waals surface area contributed by atoms with Crippen molar-refractivity contribution in [3.63, 3.8) is 0 Å². The molecule has 1 aliphatic carbocycles. The van der Waals surface area contributed by atoms with Gasteiger partial charge >= 0.3 is 0 Å². The van der Waals surface area contributed by atoms with E-state index in [-0.39, 0.29) is 24.4 Å². The summed E-state index contributed by atoms with van der Waals surface area (Å²) in [5.74, 6) is -5.65. The molecule has 0 spiro atoms. The number of hydrogen-bond acceptors (Lipinski definition) is 1. The fourth-order valence-corrected chi connectivity index (χ4v) is 2.44. The number of nitrogens with two attached hydrogens (primary N) is 1. The third kappa shape index (κ3) is 2.62. The van der Waals surface area contributed by atoms with Gasteiger partial charge in [0.05, 0.1) is 0 Å². The van der Waals surface area contributed by atoms with Crippen LogP contribution < -0.4 is 5.73 Å². The maximum absolute atomic E-state index is 13.5. The van der Waals surface area contributed by atoms with Crippen LogP contribution in [0.15, 0.2) is 6.07 Å². The highest BCUT2D eigenvalue weighted by Gasteiger charge is 2.30. The van der Waals surface area contributed by atoms with Gasteiger partial charge in [-0.1, -0.05) is 12.8 Å². The van der Waals surface area contributed by atoms with Gasteiger partial charge in [-0.15, -0.1) is 12.4 Å². The van der Waals surface area contributed by atoms with E-state index in [1.165, 1.54) is 0 Å². The van der Waals surface area contributed by atoms with E-state index in [0.717, 1.165) is 25.7 Å². The molecule has 0 amide bonds. The number of hydrogen-bond donors (Lipinski definition) is 1. The first-order valence-electron chi connectivity index (χ1n) is 5.61. The molecule has 0 unspecified atom stereocenters. The molecule has 0 aromatic heterocycles. The van der Waals surface area contributed by atoms with E-state index in [4.69, 9.17) is 5.73 Å². The number of halogens is 5. The van der Waals surface area contributed by atoms with Gasteiger partial charge in [0, 0.05) is 17.7 Å². The van der Waals surface area contributed by atoms with Crippen LogP contribution in [0.25, 0.3) is 0 Å². The van der Waals surface area contributed by atoms with Gasteiger partial charge in [0.2, 0.25) is 0 Å². The van der Waals surface area contributed by atoms with Gasteiger partial charge < -0.3 is 5.73 Å². The molecule has 1 aromatic rings. The van der Waals surface area contributed by atoms with Crippen molar-refractivity contribution in [3.8, 4) is 0 Å². The van der Waals surface area contributed by atoms with Crippen LogP contribution in [0.3, 0.4) is 0 Å². The lowest BCUT2D eigenvalue weighted by molar-refractivity contribution is 0.379. The van der Waals surface area contributed by atoms with Crippen LogP contribution in [-0.2, 0) is 0 Å². The van der Waals surface area contributed by atoms with E-state index in [9.17, 15) is 17.6 Å². The van der Waals surface area contributed by atoms with E-state index < -0.39 is 34.9 Å². The molecule has 1 saturated carbocycles. The highest BCUT2D eigenvalue weighted by atomic mass is 35.5.